The molecule has 3 rings (SSSR count). The number of rotatable bonds is 16. The topological polar surface area (TPSA) is 44.8 Å². The van der Waals surface area contributed by atoms with Crippen LogP contribution in [0, 0.1) is 11.8 Å². The lowest BCUT2D eigenvalue weighted by Crippen LogP contribution is -2.20. The third-order valence-corrected chi connectivity index (χ3v) is 7.37. The zero-order chi connectivity index (χ0) is 25.4. The van der Waals surface area contributed by atoms with Gasteiger partial charge in [-0.05, 0) is 79.6 Å². The summed E-state index contributed by atoms with van der Waals surface area (Å²) in [6, 6.07) is 14.5. The molecule has 0 aromatic heterocycles. The van der Waals surface area contributed by atoms with Gasteiger partial charge in [-0.2, -0.15) is 0 Å². The smallest absolute Gasteiger partial charge is 0.343 e. The van der Waals surface area contributed by atoms with Gasteiger partial charge in [0.1, 0.15) is 17.2 Å². The molecule has 1 fully saturated rings. The minimum atomic E-state index is -0.373. The van der Waals surface area contributed by atoms with Crippen molar-refractivity contribution in [1.29, 1.82) is 0 Å². The van der Waals surface area contributed by atoms with Gasteiger partial charge in [0, 0.05) is 0 Å². The second-order valence-corrected chi connectivity index (χ2v) is 10.2. The second-order valence-electron chi connectivity index (χ2n) is 10.2. The van der Waals surface area contributed by atoms with E-state index in [-0.39, 0.29) is 5.97 Å². The lowest BCUT2D eigenvalue weighted by atomic mass is 9.74. The number of hydrogen-bond acceptors (Lipinski definition) is 4. The number of benzene rings is 2. The van der Waals surface area contributed by atoms with Crippen LogP contribution in [0.1, 0.15) is 108 Å². The average molecular weight is 495 g/mol. The number of hydrogen-bond donors (Lipinski definition) is 0. The van der Waals surface area contributed by atoms with E-state index in [1.807, 2.05) is 24.3 Å². The number of carbonyl (C=O) groups excluding carboxylic acids is 1. The van der Waals surface area contributed by atoms with Crippen molar-refractivity contribution in [2.24, 2.45) is 11.8 Å². The van der Waals surface area contributed by atoms with Crippen LogP contribution in [-0.4, -0.2) is 19.2 Å². The molecule has 0 spiro atoms. The van der Waals surface area contributed by atoms with E-state index < -0.39 is 0 Å². The summed E-state index contributed by atoms with van der Waals surface area (Å²) in [4.78, 5) is 12.5. The second kappa shape index (κ2) is 16.3. The van der Waals surface area contributed by atoms with E-state index in [1.54, 1.807) is 24.3 Å². The first-order chi connectivity index (χ1) is 17.7. The van der Waals surface area contributed by atoms with E-state index in [1.165, 1.54) is 64.2 Å². The van der Waals surface area contributed by atoms with Crippen molar-refractivity contribution in [2.45, 2.75) is 97.3 Å². The zero-order valence-corrected chi connectivity index (χ0v) is 22.5. The fraction of sp³-hybridized carbons (Fsp3) is 0.594. The first-order valence-electron chi connectivity index (χ1n) is 14.4. The van der Waals surface area contributed by atoms with Gasteiger partial charge >= 0.3 is 5.97 Å². The molecular weight excluding hydrogens is 448 g/mol. The molecule has 0 saturated heterocycles. The van der Waals surface area contributed by atoms with Crippen molar-refractivity contribution >= 4 is 5.97 Å². The molecule has 4 heteroatoms. The largest absolute Gasteiger partial charge is 0.494 e. The highest BCUT2D eigenvalue weighted by atomic mass is 16.5. The molecule has 0 bridgehead atoms. The third-order valence-electron chi connectivity index (χ3n) is 7.37. The first-order valence-corrected chi connectivity index (χ1v) is 14.4. The lowest BCUT2D eigenvalue weighted by Gasteiger charge is -2.31. The van der Waals surface area contributed by atoms with Crippen LogP contribution < -0.4 is 14.2 Å². The van der Waals surface area contributed by atoms with Gasteiger partial charge in [-0.1, -0.05) is 78.1 Å². The number of unbranched alkanes of at least 4 members (excludes halogenated alkanes) is 4. The molecule has 0 N–H and O–H groups in total. The van der Waals surface area contributed by atoms with E-state index >= 15 is 0 Å². The highest BCUT2D eigenvalue weighted by molar-refractivity contribution is 5.91. The Kier molecular flexibility index (Phi) is 12.7. The molecule has 1 aliphatic carbocycles. The van der Waals surface area contributed by atoms with Crippen LogP contribution in [0.5, 0.6) is 17.2 Å². The highest BCUT2D eigenvalue weighted by Gasteiger charge is 2.24. The zero-order valence-electron chi connectivity index (χ0n) is 22.5. The molecule has 2 atom stereocenters. The summed E-state index contributed by atoms with van der Waals surface area (Å²) in [6.07, 6.45) is 16.9. The maximum Gasteiger partial charge on any atom is 0.343 e. The quantitative estimate of drug-likeness (QED) is 0.133. The van der Waals surface area contributed by atoms with Crippen LogP contribution in [0.15, 0.2) is 48.5 Å². The summed E-state index contributed by atoms with van der Waals surface area (Å²) in [6.45, 7) is 5.90. The Bertz CT molecular complexity index is 859. The summed E-state index contributed by atoms with van der Waals surface area (Å²) in [7, 11) is 0. The molecule has 1 aliphatic rings. The first kappa shape index (κ1) is 28.1. The van der Waals surface area contributed by atoms with E-state index in [4.69, 9.17) is 14.2 Å². The SMILES string of the molecule is CCCCCOc1ccc(C(=O)Oc2ccc(OCCCC3CCCCC3CCCCC)cc2)cc1. The van der Waals surface area contributed by atoms with Crippen LogP contribution in [0.2, 0.25) is 0 Å². The maximum absolute atomic E-state index is 12.5. The third kappa shape index (κ3) is 9.87. The number of esters is 1. The summed E-state index contributed by atoms with van der Waals surface area (Å²) >= 11 is 0. The van der Waals surface area contributed by atoms with Crippen molar-refractivity contribution < 1.29 is 19.0 Å². The minimum Gasteiger partial charge on any atom is -0.494 e. The van der Waals surface area contributed by atoms with Crippen molar-refractivity contribution in [3.05, 3.63) is 54.1 Å². The van der Waals surface area contributed by atoms with Gasteiger partial charge in [0.25, 0.3) is 0 Å². The molecular formula is C32H46O4. The maximum atomic E-state index is 12.5. The van der Waals surface area contributed by atoms with Crippen molar-refractivity contribution in [1.82, 2.24) is 0 Å². The Morgan fingerprint density at radius 3 is 1.78 bits per heavy atom. The summed E-state index contributed by atoms with van der Waals surface area (Å²) in [5, 5.41) is 0. The Morgan fingerprint density at radius 2 is 1.17 bits per heavy atom. The van der Waals surface area contributed by atoms with Gasteiger partial charge < -0.3 is 14.2 Å². The summed E-state index contributed by atoms with van der Waals surface area (Å²) in [5.74, 6) is 3.55. The van der Waals surface area contributed by atoms with Crippen LogP contribution in [0.3, 0.4) is 0 Å². The van der Waals surface area contributed by atoms with E-state index in [0.29, 0.717) is 17.9 Å². The van der Waals surface area contributed by atoms with Crippen LogP contribution in [0.4, 0.5) is 0 Å². The average Bonchev–Trinajstić information content (AvgIpc) is 2.91. The van der Waals surface area contributed by atoms with E-state index in [9.17, 15) is 4.79 Å². The van der Waals surface area contributed by atoms with Crippen LogP contribution in [-0.2, 0) is 0 Å². The highest BCUT2D eigenvalue weighted by Crippen LogP contribution is 2.36. The minimum absolute atomic E-state index is 0.373. The fourth-order valence-corrected chi connectivity index (χ4v) is 5.24. The number of ether oxygens (including phenoxy) is 3. The monoisotopic (exact) mass is 494 g/mol. The van der Waals surface area contributed by atoms with E-state index in [0.717, 1.165) is 49.2 Å². The van der Waals surface area contributed by atoms with Gasteiger partial charge in [0.15, 0.2) is 0 Å². The molecule has 0 radical (unpaired) electrons. The fourth-order valence-electron chi connectivity index (χ4n) is 5.24. The standard InChI is InChI=1S/C32H46O4/c1-3-5-7-12-26-13-8-9-14-27(26)15-11-25-35-30-20-22-31(23-21-30)36-32(33)28-16-18-29(19-17-28)34-24-10-6-4-2/h16-23,26-27H,3-15,24-25H2,1-2H3. The Hall–Kier alpha value is -2.49. The molecule has 4 nitrogen and oxygen atoms in total. The molecule has 36 heavy (non-hydrogen) atoms. The molecule has 0 aliphatic heterocycles. The Balaban J connectivity index is 1.36. The molecule has 2 aromatic carbocycles. The molecule has 2 aromatic rings. The molecule has 1 saturated carbocycles. The van der Waals surface area contributed by atoms with Gasteiger partial charge in [0.2, 0.25) is 0 Å². The van der Waals surface area contributed by atoms with Crippen LogP contribution >= 0.6 is 0 Å². The Morgan fingerprint density at radius 1 is 0.667 bits per heavy atom. The molecule has 0 heterocycles. The predicted molar refractivity (Wildman–Crippen MR) is 147 cm³/mol. The number of carbonyl (C=O) groups is 1. The van der Waals surface area contributed by atoms with Crippen molar-refractivity contribution in [2.75, 3.05) is 13.2 Å². The molecule has 2 unspecified atom stereocenters. The summed E-state index contributed by atoms with van der Waals surface area (Å²) < 4.78 is 17.2. The van der Waals surface area contributed by atoms with Crippen molar-refractivity contribution in [3.63, 3.8) is 0 Å². The van der Waals surface area contributed by atoms with Gasteiger partial charge in [0.05, 0.1) is 18.8 Å². The lowest BCUT2D eigenvalue weighted by molar-refractivity contribution is 0.0734. The van der Waals surface area contributed by atoms with Gasteiger partial charge in [-0.25, -0.2) is 4.79 Å². The van der Waals surface area contributed by atoms with E-state index in [2.05, 4.69) is 13.8 Å². The molecule has 0 amide bonds. The molecule has 198 valence electrons. The Labute approximate surface area is 218 Å². The van der Waals surface area contributed by atoms with Crippen molar-refractivity contribution in [3.8, 4) is 17.2 Å². The van der Waals surface area contributed by atoms with Gasteiger partial charge in [-0.15, -0.1) is 0 Å². The normalized spacial score (nSPS) is 17.5. The predicted octanol–water partition coefficient (Wildman–Crippen LogP) is 9.02. The van der Waals surface area contributed by atoms with Crippen LogP contribution in [0.25, 0.3) is 0 Å². The summed E-state index contributed by atoms with van der Waals surface area (Å²) in [5.41, 5.74) is 0.506. The van der Waals surface area contributed by atoms with Gasteiger partial charge in [-0.3, -0.25) is 0 Å².